The van der Waals surface area contributed by atoms with Crippen molar-refractivity contribution in [3.63, 3.8) is 0 Å². The van der Waals surface area contributed by atoms with Crippen LogP contribution in [0.5, 0.6) is 5.75 Å². The van der Waals surface area contributed by atoms with E-state index in [9.17, 15) is 24.0 Å². The first-order valence-electron chi connectivity index (χ1n) is 13.7. The highest BCUT2D eigenvalue weighted by molar-refractivity contribution is 6.27. The molecule has 4 amide bonds. The number of carbonyl (C=O) groups is 5. The van der Waals surface area contributed by atoms with Gasteiger partial charge in [0.15, 0.2) is 0 Å². The Morgan fingerprint density at radius 2 is 1.02 bits per heavy atom. The largest absolute Gasteiger partial charge is 0.423 e. The highest BCUT2D eigenvalue weighted by atomic mass is 16.5. The lowest BCUT2D eigenvalue weighted by molar-refractivity contribution is -0.142. The van der Waals surface area contributed by atoms with Crippen LogP contribution in [0, 0.1) is 49.4 Å². The molecular formula is C33H26N2O6. The Kier molecular flexibility index (Phi) is 5.57. The van der Waals surface area contributed by atoms with Gasteiger partial charge < -0.3 is 4.74 Å². The number of esters is 1. The SMILES string of the molecule is Cc1ccccc1N1C(=O)[C@@H]2C3C=C(C(=O)Oc4ccccc4)C([C@H]2C1=O)[C@@H]1C(=O)N(c2ccccc2C)C(=O)[C@@H]31. The predicted molar refractivity (Wildman–Crippen MR) is 148 cm³/mol. The summed E-state index contributed by atoms with van der Waals surface area (Å²) in [5.41, 5.74) is 2.59. The van der Waals surface area contributed by atoms with E-state index in [1.54, 1.807) is 60.7 Å². The molecule has 8 heteroatoms. The molecule has 0 N–H and O–H groups in total. The molecule has 204 valence electrons. The van der Waals surface area contributed by atoms with E-state index in [-0.39, 0.29) is 5.57 Å². The highest BCUT2D eigenvalue weighted by Crippen LogP contribution is 2.61. The Morgan fingerprint density at radius 3 is 1.51 bits per heavy atom. The lowest BCUT2D eigenvalue weighted by atomic mass is 9.52. The van der Waals surface area contributed by atoms with Gasteiger partial charge in [0.05, 0.1) is 35.0 Å². The van der Waals surface area contributed by atoms with Crippen LogP contribution >= 0.6 is 0 Å². The van der Waals surface area contributed by atoms with E-state index >= 15 is 0 Å². The van der Waals surface area contributed by atoms with Gasteiger partial charge in [-0.3, -0.25) is 19.2 Å². The maximum atomic E-state index is 14.1. The zero-order valence-electron chi connectivity index (χ0n) is 22.4. The van der Waals surface area contributed by atoms with Gasteiger partial charge in [0, 0.05) is 17.4 Å². The summed E-state index contributed by atoms with van der Waals surface area (Å²) in [6, 6.07) is 22.7. The van der Waals surface area contributed by atoms with Gasteiger partial charge in [-0.2, -0.15) is 0 Å². The minimum Gasteiger partial charge on any atom is -0.423 e. The number of allylic oxidation sites excluding steroid dienone is 1. The van der Waals surface area contributed by atoms with Crippen LogP contribution in [0.1, 0.15) is 11.1 Å². The van der Waals surface area contributed by atoms with Gasteiger partial charge in [-0.15, -0.1) is 0 Å². The highest BCUT2D eigenvalue weighted by Gasteiger charge is 2.71. The Morgan fingerprint density at radius 1 is 0.585 bits per heavy atom. The molecule has 3 aromatic carbocycles. The van der Waals surface area contributed by atoms with Crippen LogP contribution in [0.2, 0.25) is 0 Å². The molecule has 2 bridgehead atoms. The molecule has 8 rings (SSSR count). The maximum absolute atomic E-state index is 14.1. The number of hydrogen-bond acceptors (Lipinski definition) is 6. The molecule has 0 radical (unpaired) electrons. The summed E-state index contributed by atoms with van der Waals surface area (Å²) in [4.78, 5) is 72.2. The third-order valence-corrected chi connectivity index (χ3v) is 9.03. The number of hydrogen-bond donors (Lipinski definition) is 0. The van der Waals surface area contributed by atoms with Crippen LogP contribution in [0.25, 0.3) is 0 Å². The minimum atomic E-state index is -0.984. The molecule has 2 heterocycles. The molecule has 3 fully saturated rings. The molecule has 1 saturated carbocycles. The fraction of sp³-hybridized carbons (Fsp3) is 0.242. The van der Waals surface area contributed by atoms with Crippen LogP contribution in [0.4, 0.5) is 11.4 Å². The number of imide groups is 2. The number of rotatable bonds is 4. The fourth-order valence-corrected chi connectivity index (χ4v) is 7.31. The van der Waals surface area contributed by atoms with E-state index < -0.39 is 65.1 Å². The van der Waals surface area contributed by atoms with Gasteiger partial charge in [0.2, 0.25) is 23.6 Å². The van der Waals surface area contributed by atoms with Crippen molar-refractivity contribution in [2.75, 3.05) is 9.80 Å². The summed E-state index contributed by atoms with van der Waals surface area (Å²) in [5.74, 6) is -7.59. The van der Waals surface area contributed by atoms with Crippen molar-refractivity contribution in [3.8, 4) is 5.75 Å². The number of benzene rings is 3. The zero-order valence-corrected chi connectivity index (χ0v) is 22.4. The number of para-hydroxylation sites is 3. The van der Waals surface area contributed by atoms with Gasteiger partial charge in [0.1, 0.15) is 5.75 Å². The molecule has 2 unspecified atom stereocenters. The van der Waals surface area contributed by atoms with Crippen molar-refractivity contribution in [2.45, 2.75) is 13.8 Å². The number of aryl methyl sites for hydroxylation is 2. The Balaban J connectivity index is 1.35. The second kappa shape index (κ2) is 9.09. The first-order chi connectivity index (χ1) is 19.8. The normalized spacial score (nSPS) is 28.1. The summed E-state index contributed by atoms with van der Waals surface area (Å²) in [6.07, 6.45) is 1.62. The van der Waals surface area contributed by atoms with Crippen molar-refractivity contribution < 1.29 is 28.7 Å². The van der Waals surface area contributed by atoms with E-state index in [4.69, 9.17) is 4.74 Å². The van der Waals surface area contributed by atoms with Gasteiger partial charge in [-0.1, -0.05) is 60.7 Å². The number of ether oxygens (including phenoxy) is 1. The first kappa shape index (κ1) is 25.1. The number of carbonyl (C=O) groups excluding carboxylic acids is 5. The van der Waals surface area contributed by atoms with E-state index in [1.807, 2.05) is 38.1 Å². The first-order valence-corrected chi connectivity index (χ1v) is 13.7. The van der Waals surface area contributed by atoms with Crippen LogP contribution in [0.15, 0.2) is 90.5 Å². The summed E-state index contributed by atoms with van der Waals surface area (Å²) in [6.45, 7) is 3.63. The van der Waals surface area contributed by atoms with E-state index in [1.165, 1.54) is 9.80 Å². The smallest absolute Gasteiger partial charge is 0.339 e. The average molecular weight is 547 g/mol. The molecule has 3 aliphatic carbocycles. The van der Waals surface area contributed by atoms with Crippen LogP contribution < -0.4 is 14.5 Å². The van der Waals surface area contributed by atoms with Crippen molar-refractivity contribution in [2.24, 2.45) is 35.5 Å². The van der Waals surface area contributed by atoms with Crippen LogP contribution in [0.3, 0.4) is 0 Å². The lowest BCUT2D eigenvalue weighted by Crippen LogP contribution is -2.53. The summed E-state index contributed by atoms with van der Waals surface area (Å²) in [7, 11) is 0. The molecule has 2 aliphatic heterocycles. The maximum Gasteiger partial charge on any atom is 0.339 e. The van der Waals surface area contributed by atoms with Crippen LogP contribution in [-0.2, 0) is 24.0 Å². The molecule has 41 heavy (non-hydrogen) atoms. The Bertz CT molecular complexity index is 1600. The molecular weight excluding hydrogens is 520 g/mol. The molecule has 0 aromatic heterocycles. The molecule has 8 nitrogen and oxygen atoms in total. The van der Waals surface area contributed by atoms with E-state index in [0.29, 0.717) is 17.1 Å². The second-order valence-electron chi connectivity index (χ2n) is 11.1. The van der Waals surface area contributed by atoms with Gasteiger partial charge in [-0.05, 0) is 49.2 Å². The molecule has 2 saturated heterocycles. The van der Waals surface area contributed by atoms with Crippen LogP contribution in [-0.4, -0.2) is 29.6 Å². The van der Waals surface area contributed by atoms with Gasteiger partial charge in [-0.25, -0.2) is 14.6 Å². The standard InChI is InChI=1S/C33H26N2O6/c1-17-10-6-8-14-22(17)34-29(36)25-20-16-21(33(40)41-19-12-4-3-5-13-19)24(27(25)31(34)38)28-26(20)30(37)35(32(28)39)23-15-9-7-11-18(23)2/h3-16,20,24-28H,1-2H3/t20?,24?,25-,26+,27-,28+. The minimum absolute atomic E-state index is 0.168. The summed E-state index contributed by atoms with van der Waals surface area (Å²) >= 11 is 0. The van der Waals surface area contributed by atoms with E-state index in [2.05, 4.69) is 0 Å². The second-order valence-corrected chi connectivity index (χ2v) is 11.1. The van der Waals surface area contributed by atoms with Crippen molar-refractivity contribution in [3.05, 3.63) is 102 Å². The Labute approximate surface area is 236 Å². The topological polar surface area (TPSA) is 101 Å². The Hall–Kier alpha value is -4.85. The van der Waals surface area contributed by atoms with E-state index in [0.717, 1.165) is 11.1 Å². The number of nitrogens with zero attached hydrogens (tertiary/aromatic N) is 2. The summed E-state index contributed by atoms with van der Waals surface area (Å²) in [5, 5.41) is 0. The quantitative estimate of drug-likeness (QED) is 0.279. The molecule has 0 spiro atoms. The van der Waals surface area contributed by atoms with Crippen molar-refractivity contribution >= 4 is 41.0 Å². The molecule has 6 atom stereocenters. The summed E-state index contributed by atoms with van der Waals surface area (Å²) < 4.78 is 5.66. The number of amides is 4. The third-order valence-electron chi connectivity index (χ3n) is 9.03. The number of anilines is 2. The third kappa shape index (κ3) is 3.49. The predicted octanol–water partition coefficient (Wildman–Crippen LogP) is 4.01. The van der Waals surface area contributed by atoms with Gasteiger partial charge in [0.25, 0.3) is 0 Å². The zero-order chi connectivity index (χ0) is 28.6. The average Bonchev–Trinajstić information content (AvgIpc) is 3.40. The van der Waals surface area contributed by atoms with Crippen molar-refractivity contribution in [1.29, 1.82) is 0 Å². The van der Waals surface area contributed by atoms with Crippen molar-refractivity contribution in [1.82, 2.24) is 0 Å². The molecule has 3 aromatic rings. The fourth-order valence-electron chi connectivity index (χ4n) is 7.31. The lowest BCUT2D eigenvalue weighted by Gasteiger charge is -2.46. The molecule has 5 aliphatic rings. The van der Waals surface area contributed by atoms with Gasteiger partial charge >= 0.3 is 5.97 Å². The monoisotopic (exact) mass is 546 g/mol.